The molecule has 2 unspecified atom stereocenters. The van der Waals surface area contributed by atoms with Gasteiger partial charge in [0, 0.05) is 17.4 Å². The molecule has 2 heterocycles. The fourth-order valence-electron chi connectivity index (χ4n) is 2.50. The molecule has 0 aromatic carbocycles. The second-order valence-electron chi connectivity index (χ2n) is 6.45. The van der Waals surface area contributed by atoms with Gasteiger partial charge in [0.05, 0.1) is 17.3 Å². The molecule has 0 radical (unpaired) electrons. The van der Waals surface area contributed by atoms with Crippen LogP contribution in [0.15, 0.2) is 5.38 Å². The highest BCUT2D eigenvalue weighted by Gasteiger charge is 2.45. The average Bonchev–Trinajstić information content (AvgIpc) is 2.93. The van der Waals surface area contributed by atoms with Gasteiger partial charge in [-0.15, -0.1) is 11.3 Å². The van der Waals surface area contributed by atoms with Crippen LogP contribution >= 0.6 is 11.3 Å². The zero-order valence-corrected chi connectivity index (χ0v) is 13.6. The van der Waals surface area contributed by atoms with E-state index in [0.29, 0.717) is 0 Å². The molecule has 19 heavy (non-hydrogen) atoms. The smallest absolute Gasteiger partial charge is 0.116 e. The minimum Gasteiger partial charge on any atom is -0.376 e. The fraction of sp³-hybridized carbons (Fsp3) is 0.800. The number of nitrogens with one attached hydrogen (secondary N) is 1. The van der Waals surface area contributed by atoms with Crippen LogP contribution in [0.1, 0.15) is 58.2 Å². The number of thiazole rings is 1. The van der Waals surface area contributed by atoms with Crippen LogP contribution in [0.25, 0.3) is 0 Å². The summed E-state index contributed by atoms with van der Waals surface area (Å²) in [5, 5.41) is 7.09. The molecule has 3 nitrogen and oxygen atoms in total. The molecule has 1 aromatic heterocycles. The first-order valence-corrected chi connectivity index (χ1v) is 8.11. The van der Waals surface area contributed by atoms with Gasteiger partial charge in [-0.3, -0.25) is 0 Å². The van der Waals surface area contributed by atoms with Crippen LogP contribution in [-0.2, 0) is 15.7 Å². The Hall–Kier alpha value is -0.450. The highest BCUT2D eigenvalue weighted by molar-refractivity contribution is 7.09. The molecule has 0 bridgehead atoms. The molecule has 1 aliphatic rings. The molecular formula is C15H26N2OS. The first-order valence-electron chi connectivity index (χ1n) is 7.23. The molecule has 0 amide bonds. The standard InChI is InChI=1S/C15H26N2OS/c1-6-8-16-15(7-9-18-11(15)2)13-17-12(10-19-13)14(3,4)5/h10-11,16H,6-9H2,1-5H3. The number of hydrogen-bond donors (Lipinski definition) is 1. The molecule has 1 aliphatic heterocycles. The van der Waals surface area contributed by atoms with Crippen molar-refractivity contribution >= 4 is 11.3 Å². The van der Waals surface area contributed by atoms with Crippen molar-refractivity contribution in [3.63, 3.8) is 0 Å². The first kappa shape index (κ1) is 14.9. The lowest BCUT2D eigenvalue weighted by Crippen LogP contribution is -2.48. The maximum atomic E-state index is 5.82. The molecule has 0 spiro atoms. The molecule has 0 saturated carbocycles. The summed E-state index contributed by atoms with van der Waals surface area (Å²) >= 11 is 1.77. The third kappa shape index (κ3) is 2.86. The van der Waals surface area contributed by atoms with E-state index in [0.717, 1.165) is 26.0 Å². The van der Waals surface area contributed by atoms with Gasteiger partial charge in [-0.25, -0.2) is 4.98 Å². The summed E-state index contributed by atoms with van der Waals surface area (Å²) in [6, 6.07) is 0. The molecule has 1 aromatic rings. The SMILES string of the molecule is CCCNC1(c2nc(C(C)(C)C)cs2)CCOC1C. The van der Waals surface area contributed by atoms with E-state index in [1.165, 1.54) is 10.7 Å². The lowest BCUT2D eigenvalue weighted by atomic mass is 9.91. The minimum absolute atomic E-state index is 0.0792. The Morgan fingerprint density at radius 3 is 2.74 bits per heavy atom. The third-order valence-corrected chi connectivity index (χ3v) is 4.92. The molecule has 4 heteroatoms. The van der Waals surface area contributed by atoms with Crippen molar-refractivity contribution < 1.29 is 4.74 Å². The van der Waals surface area contributed by atoms with E-state index in [1.54, 1.807) is 11.3 Å². The molecule has 1 saturated heterocycles. The quantitative estimate of drug-likeness (QED) is 0.918. The molecule has 2 rings (SSSR count). The third-order valence-electron chi connectivity index (χ3n) is 3.90. The fourth-order valence-corrected chi connectivity index (χ4v) is 3.83. The van der Waals surface area contributed by atoms with E-state index < -0.39 is 0 Å². The number of hydrogen-bond acceptors (Lipinski definition) is 4. The molecule has 0 aliphatic carbocycles. The van der Waals surface area contributed by atoms with Crippen LogP contribution in [-0.4, -0.2) is 24.2 Å². The maximum absolute atomic E-state index is 5.82. The number of aromatic nitrogens is 1. The zero-order valence-electron chi connectivity index (χ0n) is 12.7. The van der Waals surface area contributed by atoms with Crippen molar-refractivity contribution in [3.8, 4) is 0 Å². The van der Waals surface area contributed by atoms with E-state index in [-0.39, 0.29) is 17.1 Å². The van der Waals surface area contributed by atoms with Gasteiger partial charge in [-0.05, 0) is 26.3 Å². The molecule has 108 valence electrons. The summed E-state index contributed by atoms with van der Waals surface area (Å²) in [7, 11) is 0. The monoisotopic (exact) mass is 282 g/mol. The van der Waals surface area contributed by atoms with Crippen molar-refractivity contribution in [2.75, 3.05) is 13.2 Å². The van der Waals surface area contributed by atoms with Crippen LogP contribution in [0, 0.1) is 0 Å². The van der Waals surface area contributed by atoms with Crippen LogP contribution in [0.4, 0.5) is 0 Å². The Morgan fingerprint density at radius 1 is 1.53 bits per heavy atom. The Morgan fingerprint density at radius 2 is 2.26 bits per heavy atom. The van der Waals surface area contributed by atoms with E-state index in [9.17, 15) is 0 Å². The van der Waals surface area contributed by atoms with Gasteiger partial charge in [0.1, 0.15) is 5.01 Å². The van der Waals surface area contributed by atoms with Crippen molar-refractivity contribution in [2.45, 2.75) is 64.5 Å². The maximum Gasteiger partial charge on any atom is 0.116 e. The average molecular weight is 282 g/mol. The number of nitrogens with zero attached hydrogens (tertiary/aromatic N) is 1. The topological polar surface area (TPSA) is 34.2 Å². The van der Waals surface area contributed by atoms with Gasteiger partial charge in [0.15, 0.2) is 0 Å². The predicted octanol–water partition coefficient (Wildman–Crippen LogP) is 3.44. The van der Waals surface area contributed by atoms with E-state index in [4.69, 9.17) is 9.72 Å². The summed E-state index contributed by atoms with van der Waals surface area (Å²) in [4.78, 5) is 4.92. The predicted molar refractivity (Wildman–Crippen MR) is 80.8 cm³/mol. The van der Waals surface area contributed by atoms with Gasteiger partial charge in [-0.2, -0.15) is 0 Å². The van der Waals surface area contributed by atoms with Gasteiger partial charge < -0.3 is 10.1 Å². The molecule has 1 fully saturated rings. The van der Waals surface area contributed by atoms with Crippen molar-refractivity contribution in [3.05, 3.63) is 16.1 Å². The molecule has 1 N–H and O–H groups in total. The van der Waals surface area contributed by atoms with E-state index in [2.05, 4.69) is 45.3 Å². The van der Waals surface area contributed by atoms with Crippen molar-refractivity contribution in [1.82, 2.24) is 10.3 Å². The Kier molecular flexibility index (Phi) is 4.33. The zero-order chi connectivity index (χ0) is 14.1. The van der Waals surface area contributed by atoms with Gasteiger partial charge in [0.25, 0.3) is 0 Å². The lowest BCUT2D eigenvalue weighted by Gasteiger charge is -2.31. The molecule has 2 atom stereocenters. The second kappa shape index (κ2) is 5.51. The second-order valence-corrected chi connectivity index (χ2v) is 7.31. The largest absolute Gasteiger partial charge is 0.376 e. The van der Waals surface area contributed by atoms with Crippen molar-refractivity contribution in [2.24, 2.45) is 0 Å². The Bertz CT molecular complexity index is 424. The van der Waals surface area contributed by atoms with Crippen LogP contribution in [0.5, 0.6) is 0 Å². The van der Waals surface area contributed by atoms with Gasteiger partial charge in [-0.1, -0.05) is 27.7 Å². The van der Waals surface area contributed by atoms with Crippen LogP contribution in [0.2, 0.25) is 0 Å². The van der Waals surface area contributed by atoms with Crippen molar-refractivity contribution in [1.29, 1.82) is 0 Å². The lowest BCUT2D eigenvalue weighted by molar-refractivity contribution is 0.0818. The number of ether oxygens (including phenoxy) is 1. The first-order chi connectivity index (χ1) is 8.90. The van der Waals surface area contributed by atoms with Crippen LogP contribution < -0.4 is 5.32 Å². The highest BCUT2D eigenvalue weighted by atomic mass is 32.1. The summed E-state index contributed by atoms with van der Waals surface area (Å²) < 4.78 is 5.82. The number of rotatable bonds is 4. The normalized spacial score (nSPS) is 27.9. The Labute approximate surface area is 120 Å². The summed E-state index contributed by atoms with van der Waals surface area (Å²) in [6.45, 7) is 12.8. The summed E-state index contributed by atoms with van der Waals surface area (Å²) in [5.41, 5.74) is 1.22. The van der Waals surface area contributed by atoms with Crippen LogP contribution in [0.3, 0.4) is 0 Å². The Balaban J connectivity index is 2.31. The molecular weight excluding hydrogens is 256 g/mol. The van der Waals surface area contributed by atoms with E-state index in [1.807, 2.05) is 0 Å². The minimum atomic E-state index is -0.0792. The summed E-state index contributed by atoms with van der Waals surface area (Å²) in [5.74, 6) is 0. The van der Waals surface area contributed by atoms with Gasteiger partial charge in [0.2, 0.25) is 0 Å². The highest BCUT2D eigenvalue weighted by Crippen LogP contribution is 2.39. The summed E-state index contributed by atoms with van der Waals surface area (Å²) in [6.07, 6.45) is 2.34. The van der Waals surface area contributed by atoms with Gasteiger partial charge >= 0.3 is 0 Å². The van der Waals surface area contributed by atoms with E-state index >= 15 is 0 Å².